The van der Waals surface area contributed by atoms with E-state index >= 15 is 0 Å². The van der Waals surface area contributed by atoms with Gasteiger partial charge in [-0.3, -0.25) is 14.6 Å². The fourth-order valence-corrected chi connectivity index (χ4v) is 3.04. The summed E-state index contributed by atoms with van der Waals surface area (Å²) in [6.45, 7) is 3.43. The highest BCUT2D eigenvalue weighted by molar-refractivity contribution is 6.01. The fraction of sp³-hybridized carbons (Fsp3) is 0.227. The lowest BCUT2D eigenvalue weighted by atomic mass is 10.1. The Morgan fingerprint density at radius 3 is 2.39 bits per heavy atom. The summed E-state index contributed by atoms with van der Waals surface area (Å²) in [5, 5.41) is 3.36. The number of halogens is 3. The molecule has 31 heavy (non-hydrogen) atoms. The number of aryl methyl sites for hydroxylation is 2. The Kier molecular flexibility index (Phi) is 6.14. The number of fused-ring (bicyclic) bond motifs is 1. The van der Waals surface area contributed by atoms with Gasteiger partial charge in [-0.15, -0.1) is 13.2 Å². The van der Waals surface area contributed by atoms with Crippen molar-refractivity contribution in [1.29, 1.82) is 0 Å². The van der Waals surface area contributed by atoms with Crippen LogP contribution < -0.4 is 10.1 Å². The summed E-state index contributed by atoms with van der Waals surface area (Å²) in [7, 11) is 1.49. The van der Waals surface area contributed by atoms with E-state index < -0.39 is 18.0 Å². The van der Waals surface area contributed by atoms with E-state index in [0.29, 0.717) is 11.3 Å². The molecule has 3 rings (SSSR count). The third-order valence-corrected chi connectivity index (χ3v) is 4.49. The monoisotopic (exact) mass is 431 g/mol. The minimum absolute atomic E-state index is 0.245. The van der Waals surface area contributed by atoms with Crippen molar-refractivity contribution in [3.8, 4) is 5.75 Å². The van der Waals surface area contributed by atoms with E-state index in [0.717, 1.165) is 28.6 Å². The second-order valence-electron chi connectivity index (χ2n) is 7.10. The quantitative estimate of drug-likeness (QED) is 0.648. The first-order valence-electron chi connectivity index (χ1n) is 9.31. The predicted octanol–water partition coefficient (Wildman–Crippen LogP) is 4.46. The molecule has 0 saturated carbocycles. The number of amides is 2. The van der Waals surface area contributed by atoms with Crippen LogP contribution in [-0.2, 0) is 4.79 Å². The van der Waals surface area contributed by atoms with Crippen LogP contribution in [-0.4, -0.2) is 41.7 Å². The predicted molar refractivity (Wildman–Crippen MR) is 110 cm³/mol. The van der Waals surface area contributed by atoms with Crippen LogP contribution in [0.2, 0.25) is 0 Å². The van der Waals surface area contributed by atoms with E-state index in [4.69, 9.17) is 0 Å². The highest BCUT2D eigenvalue weighted by atomic mass is 19.4. The molecule has 0 atom stereocenters. The van der Waals surface area contributed by atoms with Gasteiger partial charge in [0.25, 0.3) is 5.91 Å². The van der Waals surface area contributed by atoms with Crippen LogP contribution in [0.5, 0.6) is 5.75 Å². The Morgan fingerprint density at radius 1 is 1.06 bits per heavy atom. The Bertz CT molecular complexity index is 1130. The molecule has 1 N–H and O–H groups in total. The van der Waals surface area contributed by atoms with Crippen molar-refractivity contribution in [2.45, 2.75) is 20.2 Å². The molecule has 0 fully saturated rings. The Labute approximate surface area is 176 Å². The third kappa shape index (κ3) is 5.71. The van der Waals surface area contributed by atoms with Crippen molar-refractivity contribution in [2.24, 2.45) is 0 Å². The minimum atomic E-state index is -4.79. The molecule has 0 aliphatic heterocycles. The Balaban J connectivity index is 1.66. The number of hydrogen-bond acceptors (Lipinski definition) is 4. The fourth-order valence-electron chi connectivity index (χ4n) is 3.04. The number of anilines is 1. The molecule has 1 heterocycles. The van der Waals surface area contributed by atoms with Crippen molar-refractivity contribution in [3.63, 3.8) is 0 Å². The van der Waals surface area contributed by atoms with E-state index in [-0.39, 0.29) is 18.1 Å². The number of rotatable bonds is 5. The second kappa shape index (κ2) is 8.63. The number of alkyl halides is 3. The Morgan fingerprint density at radius 2 is 1.74 bits per heavy atom. The molecular formula is C22H20F3N3O3. The highest BCUT2D eigenvalue weighted by Crippen LogP contribution is 2.24. The maximum Gasteiger partial charge on any atom is 0.573 e. The van der Waals surface area contributed by atoms with Crippen LogP contribution in [0.1, 0.15) is 21.6 Å². The number of nitrogens with zero attached hydrogens (tertiary/aromatic N) is 2. The van der Waals surface area contributed by atoms with Crippen molar-refractivity contribution >= 4 is 28.4 Å². The molecule has 0 unspecified atom stereocenters. The zero-order chi connectivity index (χ0) is 22.8. The SMILES string of the molecule is Cc1ccc2nc(C)c(C(=O)N(C)CC(=O)Nc3ccc(OC(F)(F)F)cc3)cc2c1. The van der Waals surface area contributed by atoms with E-state index in [1.807, 2.05) is 25.1 Å². The number of carbonyl (C=O) groups is 2. The summed E-state index contributed by atoms with van der Waals surface area (Å²) in [4.78, 5) is 30.8. The summed E-state index contributed by atoms with van der Waals surface area (Å²) in [5.41, 5.74) is 3.03. The molecule has 9 heteroatoms. The van der Waals surface area contributed by atoms with E-state index in [1.165, 1.54) is 24.1 Å². The first-order chi connectivity index (χ1) is 14.5. The van der Waals surface area contributed by atoms with Crippen LogP contribution in [0.3, 0.4) is 0 Å². The maximum atomic E-state index is 12.8. The summed E-state index contributed by atoms with van der Waals surface area (Å²) < 4.78 is 40.4. The third-order valence-electron chi connectivity index (χ3n) is 4.49. The van der Waals surface area contributed by atoms with Gasteiger partial charge >= 0.3 is 6.36 Å². The van der Waals surface area contributed by atoms with Crippen molar-refractivity contribution in [3.05, 3.63) is 65.4 Å². The molecule has 2 aromatic carbocycles. The largest absolute Gasteiger partial charge is 0.573 e. The van der Waals surface area contributed by atoms with Gasteiger partial charge in [-0.05, 0) is 56.3 Å². The maximum absolute atomic E-state index is 12.8. The van der Waals surface area contributed by atoms with Gasteiger partial charge in [0, 0.05) is 18.1 Å². The van der Waals surface area contributed by atoms with Gasteiger partial charge in [0.15, 0.2) is 0 Å². The van der Waals surface area contributed by atoms with E-state index in [1.54, 1.807) is 13.0 Å². The summed E-state index contributed by atoms with van der Waals surface area (Å²) >= 11 is 0. The topological polar surface area (TPSA) is 71.5 Å². The lowest BCUT2D eigenvalue weighted by Crippen LogP contribution is -2.35. The number of hydrogen-bond donors (Lipinski definition) is 1. The van der Waals surface area contributed by atoms with Crippen LogP contribution in [0.25, 0.3) is 10.9 Å². The average molecular weight is 431 g/mol. The van der Waals surface area contributed by atoms with Gasteiger partial charge in [-0.2, -0.15) is 0 Å². The lowest BCUT2D eigenvalue weighted by molar-refractivity contribution is -0.274. The van der Waals surface area contributed by atoms with Crippen molar-refractivity contribution in [1.82, 2.24) is 9.88 Å². The molecule has 3 aromatic rings. The molecular weight excluding hydrogens is 411 g/mol. The van der Waals surface area contributed by atoms with Gasteiger partial charge in [-0.1, -0.05) is 11.6 Å². The average Bonchev–Trinajstić information content (AvgIpc) is 2.67. The Hall–Kier alpha value is -3.62. The van der Waals surface area contributed by atoms with Crippen LogP contribution in [0.15, 0.2) is 48.5 Å². The number of carbonyl (C=O) groups excluding carboxylic acids is 2. The number of nitrogens with one attached hydrogen (secondary N) is 1. The lowest BCUT2D eigenvalue weighted by Gasteiger charge is -2.18. The summed E-state index contributed by atoms with van der Waals surface area (Å²) in [5.74, 6) is -1.26. The zero-order valence-corrected chi connectivity index (χ0v) is 17.1. The number of pyridine rings is 1. The molecule has 0 saturated heterocycles. The molecule has 6 nitrogen and oxygen atoms in total. The zero-order valence-electron chi connectivity index (χ0n) is 17.1. The van der Waals surface area contributed by atoms with Gasteiger partial charge in [0.1, 0.15) is 5.75 Å². The smallest absolute Gasteiger partial charge is 0.406 e. The van der Waals surface area contributed by atoms with Crippen molar-refractivity contribution in [2.75, 3.05) is 18.9 Å². The standard InChI is InChI=1S/C22H20F3N3O3/c1-13-4-9-19-15(10-13)11-18(14(2)26-19)21(30)28(3)12-20(29)27-16-5-7-17(8-6-16)31-22(23,24)25/h4-11H,12H2,1-3H3,(H,27,29). The molecule has 0 aliphatic rings. The minimum Gasteiger partial charge on any atom is -0.406 e. The van der Waals surface area contributed by atoms with Crippen LogP contribution in [0.4, 0.5) is 18.9 Å². The molecule has 162 valence electrons. The number of benzene rings is 2. The normalized spacial score (nSPS) is 11.3. The molecule has 0 bridgehead atoms. The van der Waals surface area contributed by atoms with Crippen LogP contribution >= 0.6 is 0 Å². The van der Waals surface area contributed by atoms with E-state index in [9.17, 15) is 22.8 Å². The van der Waals surface area contributed by atoms with Crippen molar-refractivity contribution < 1.29 is 27.5 Å². The number of likely N-dealkylation sites (N-methyl/N-ethyl adjacent to an activating group) is 1. The summed E-state index contributed by atoms with van der Waals surface area (Å²) in [6.07, 6.45) is -4.79. The van der Waals surface area contributed by atoms with Gasteiger partial charge < -0.3 is 15.0 Å². The van der Waals surface area contributed by atoms with Gasteiger partial charge in [-0.25, -0.2) is 0 Å². The van der Waals surface area contributed by atoms with Gasteiger partial charge in [0.05, 0.1) is 23.3 Å². The molecule has 0 aliphatic carbocycles. The molecule has 0 spiro atoms. The number of aromatic nitrogens is 1. The molecule has 2 amide bonds. The molecule has 1 aromatic heterocycles. The first kappa shape index (κ1) is 22.1. The van der Waals surface area contributed by atoms with E-state index in [2.05, 4.69) is 15.0 Å². The summed E-state index contributed by atoms with van der Waals surface area (Å²) in [6, 6.07) is 12.2. The highest BCUT2D eigenvalue weighted by Gasteiger charge is 2.31. The first-order valence-corrected chi connectivity index (χ1v) is 9.31. The second-order valence-corrected chi connectivity index (χ2v) is 7.10. The van der Waals surface area contributed by atoms with Gasteiger partial charge in [0.2, 0.25) is 5.91 Å². The van der Waals surface area contributed by atoms with Crippen LogP contribution in [0, 0.1) is 13.8 Å². The number of ether oxygens (including phenoxy) is 1. The molecule has 0 radical (unpaired) electrons.